The van der Waals surface area contributed by atoms with Crippen molar-refractivity contribution in [1.29, 1.82) is 0 Å². The monoisotopic (exact) mass is 420 g/mol. The highest BCUT2D eigenvalue weighted by Crippen LogP contribution is 2.52. The van der Waals surface area contributed by atoms with E-state index in [0.29, 0.717) is 12.8 Å². The maximum atomic E-state index is 12.5. The summed E-state index contributed by atoms with van der Waals surface area (Å²) in [7, 11) is 0. The zero-order chi connectivity index (χ0) is 22.5. The average molecular weight is 421 g/mol. The van der Waals surface area contributed by atoms with Crippen LogP contribution in [0.3, 0.4) is 0 Å². The van der Waals surface area contributed by atoms with Gasteiger partial charge in [-0.05, 0) is 18.8 Å². The Morgan fingerprint density at radius 2 is 1.10 bits per heavy atom. The van der Waals surface area contributed by atoms with Gasteiger partial charge in [0.15, 0.2) is 0 Å². The highest BCUT2D eigenvalue weighted by molar-refractivity contribution is 5.90. The Labute approximate surface area is 183 Å². The summed E-state index contributed by atoms with van der Waals surface area (Å²) in [4.78, 5) is 24.9. The second-order valence-corrected chi connectivity index (χ2v) is 9.49. The summed E-state index contributed by atoms with van der Waals surface area (Å²) < 4.78 is 0. The van der Waals surface area contributed by atoms with E-state index in [9.17, 15) is 19.8 Å². The molecular weight excluding hydrogens is 376 g/mol. The smallest absolute Gasteiger partial charge is 0.315 e. The predicted octanol–water partition coefficient (Wildman–Crippen LogP) is 7.39. The van der Waals surface area contributed by atoms with Gasteiger partial charge < -0.3 is 10.2 Å². The fourth-order valence-corrected chi connectivity index (χ4v) is 4.76. The lowest BCUT2D eigenvalue weighted by atomic mass is 9.57. The largest absolute Gasteiger partial charge is 0.481 e. The molecule has 2 unspecified atom stereocenters. The third-order valence-corrected chi connectivity index (χ3v) is 6.71. The number of allylic oxidation sites excluding steroid dienone is 2. The van der Waals surface area contributed by atoms with Crippen LogP contribution in [0.25, 0.3) is 0 Å². The first-order chi connectivity index (χ1) is 14.3. The van der Waals surface area contributed by atoms with Crippen LogP contribution in [0.5, 0.6) is 0 Å². The van der Waals surface area contributed by atoms with Gasteiger partial charge in [0.2, 0.25) is 0 Å². The maximum Gasteiger partial charge on any atom is 0.315 e. The van der Waals surface area contributed by atoms with Crippen LogP contribution < -0.4 is 0 Å². The van der Waals surface area contributed by atoms with Gasteiger partial charge in [-0.25, -0.2) is 0 Å². The van der Waals surface area contributed by atoms with E-state index in [2.05, 4.69) is 20.8 Å². The minimum absolute atomic E-state index is 0.384. The van der Waals surface area contributed by atoms with E-state index in [1.165, 1.54) is 25.7 Å². The average Bonchev–Trinajstić information content (AvgIpc) is 2.70. The maximum absolute atomic E-state index is 12.5. The van der Waals surface area contributed by atoms with Crippen molar-refractivity contribution in [3.05, 3.63) is 24.3 Å². The molecule has 4 heteroatoms. The molecule has 0 saturated heterocycles. The summed E-state index contributed by atoms with van der Waals surface area (Å²) in [5.74, 6) is -1.29. The zero-order valence-corrected chi connectivity index (χ0v) is 19.5. The fourth-order valence-electron chi connectivity index (χ4n) is 4.76. The topological polar surface area (TPSA) is 74.6 Å². The number of carboxylic acids is 2. The molecule has 2 atom stereocenters. The molecule has 0 bridgehead atoms. The summed E-state index contributed by atoms with van der Waals surface area (Å²) in [6, 6.07) is 0. The van der Waals surface area contributed by atoms with Gasteiger partial charge in [0, 0.05) is 0 Å². The second kappa shape index (κ2) is 13.7. The molecule has 0 aromatic rings. The van der Waals surface area contributed by atoms with E-state index in [4.69, 9.17) is 0 Å². The van der Waals surface area contributed by atoms with Crippen molar-refractivity contribution in [2.24, 2.45) is 16.7 Å². The number of carbonyl (C=O) groups is 2. The lowest BCUT2D eigenvalue weighted by Gasteiger charge is -2.43. The molecule has 0 radical (unpaired) electrons. The molecule has 172 valence electrons. The van der Waals surface area contributed by atoms with Crippen molar-refractivity contribution < 1.29 is 19.8 Å². The number of unbranched alkanes of at least 4 members (excludes halogenated alkanes) is 9. The van der Waals surface area contributed by atoms with Gasteiger partial charge >= 0.3 is 11.9 Å². The summed E-state index contributed by atoms with van der Waals surface area (Å²) in [5, 5.41) is 20.4. The Hall–Kier alpha value is -1.58. The normalized spacial score (nSPS) is 23.2. The van der Waals surface area contributed by atoms with Crippen LogP contribution in [0.1, 0.15) is 111 Å². The molecular formula is C26H44O4. The Bertz CT molecular complexity index is 578. The lowest BCUT2D eigenvalue weighted by Crippen LogP contribution is -2.51. The van der Waals surface area contributed by atoms with Gasteiger partial charge in [0.25, 0.3) is 0 Å². The van der Waals surface area contributed by atoms with Crippen LogP contribution in [0.4, 0.5) is 0 Å². The number of carboxylic acid groups (broad SMARTS) is 2. The van der Waals surface area contributed by atoms with E-state index in [1.54, 1.807) is 24.3 Å². The first-order valence-corrected chi connectivity index (χ1v) is 12.2. The number of hydrogen-bond acceptors (Lipinski definition) is 2. The van der Waals surface area contributed by atoms with Gasteiger partial charge in [-0.2, -0.15) is 0 Å². The number of hydrogen-bond donors (Lipinski definition) is 2. The summed E-state index contributed by atoms with van der Waals surface area (Å²) in [5.41, 5.74) is -2.70. The molecule has 1 aliphatic rings. The molecule has 0 saturated carbocycles. The minimum atomic E-state index is -1.35. The van der Waals surface area contributed by atoms with Crippen LogP contribution in [0.2, 0.25) is 0 Å². The standard InChI is InChI=1S/C26H44O4/c1-4-5-6-7-10-13-18-25(23(27)28)20-15-16-21-26(25,24(29)30)19-14-11-8-9-12-17-22(2)3/h15-16,20-22H,4-14,17-19H2,1-3H3,(H,27,28)(H,29,30). The summed E-state index contributed by atoms with van der Waals surface area (Å²) in [6.07, 6.45) is 20.2. The van der Waals surface area contributed by atoms with Crippen LogP contribution in [-0.4, -0.2) is 22.2 Å². The molecule has 0 aromatic heterocycles. The molecule has 30 heavy (non-hydrogen) atoms. The molecule has 0 heterocycles. The van der Waals surface area contributed by atoms with Crippen molar-refractivity contribution in [3.63, 3.8) is 0 Å². The SMILES string of the molecule is CCCCCCCCC1(C(=O)O)C=CC=CC1(CCCCCCCC(C)C)C(=O)O. The molecule has 0 spiro atoms. The minimum Gasteiger partial charge on any atom is -0.481 e. The summed E-state index contributed by atoms with van der Waals surface area (Å²) >= 11 is 0. The van der Waals surface area contributed by atoms with E-state index in [1.807, 2.05) is 0 Å². The quantitative estimate of drug-likeness (QED) is 0.240. The Morgan fingerprint density at radius 3 is 1.50 bits per heavy atom. The van der Waals surface area contributed by atoms with Crippen molar-refractivity contribution >= 4 is 11.9 Å². The van der Waals surface area contributed by atoms with Gasteiger partial charge in [-0.15, -0.1) is 0 Å². The molecule has 1 aliphatic carbocycles. The second-order valence-electron chi connectivity index (χ2n) is 9.49. The third kappa shape index (κ3) is 7.28. The van der Waals surface area contributed by atoms with Crippen molar-refractivity contribution in [1.82, 2.24) is 0 Å². The first-order valence-electron chi connectivity index (χ1n) is 12.2. The highest BCUT2D eigenvalue weighted by atomic mass is 16.4. The van der Waals surface area contributed by atoms with E-state index in [-0.39, 0.29) is 0 Å². The van der Waals surface area contributed by atoms with Crippen molar-refractivity contribution in [2.45, 2.75) is 111 Å². The van der Waals surface area contributed by atoms with E-state index < -0.39 is 22.8 Å². The van der Waals surface area contributed by atoms with Gasteiger partial charge in [0.1, 0.15) is 10.8 Å². The molecule has 4 nitrogen and oxygen atoms in total. The number of rotatable bonds is 17. The van der Waals surface area contributed by atoms with Gasteiger partial charge in [-0.1, -0.05) is 122 Å². The Kier molecular flexibility index (Phi) is 12.1. The molecule has 0 aliphatic heterocycles. The number of aliphatic carboxylic acids is 2. The summed E-state index contributed by atoms with van der Waals surface area (Å²) in [6.45, 7) is 6.63. The highest BCUT2D eigenvalue weighted by Gasteiger charge is 2.58. The Balaban J connectivity index is 2.77. The fraction of sp³-hybridized carbons (Fsp3) is 0.769. The zero-order valence-electron chi connectivity index (χ0n) is 19.5. The lowest BCUT2D eigenvalue weighted by molar-refractivity contribution is -0.167. The molecule has 2 N–H and O–H groups in total. The third-order valence-electron chi connectivity index (χ3n) is 6.71. The first kappa shape index (κ1) is 26.5. The van der Waals surface area contributed by atoms with E-state index >= 15 is 0 Å². The molecule has 0 amide bonds. The predicted molar refractivity (Wildman–Crippen MR) is 124 cm³/mol. The molecule has 0 aromatic carbocycles. The van der Waals surface area contributed by atoms with Crippen molar-refractivity contribution in [3.8, 4) is 0 Å². The van der Waals surface area contributed by atoms with Crippen LogP contribution in [0, 0.1) is 16.7 Å². The molecule has 0 fully saturated rings. The van der Waals surface area contributed by atoms with Crippen molar-refractivity contribution in [2.75, 3.05) is 0 Å². The van der Waals surface area contributed by atoms with Crippen LogP contribution in [-0.2, 0) is 9.59 Å². The molecule has 1 rings (SSSR count). The van der Waals surface area contributed by atoms with Crippen LogP contribution >= 0.6 is 0 Å². The van der Waals surface area contributed by atoms with Crippen LogP contribution in [0.15, 0.2) is 24.3 Å². The van der Waals surface area contributed by atoms with E-state index in [0.717, 1.165) is 57.3 Å². The van der Waals surface area contributed by atoms with Gasteiger partial charge in [0.05, 0.1) is 0 Å². The van der Waals surface area contributed by atoms with Gasteiger partial charge in [-0.3, -0.25) is 9.59 Å². The Morgan fingerprint density at radius 1 is 0.700 bits per heavy atom.